The van der Waals surface area contributed by atoms with Gasteiger partial charge in [0.05, 0.1) is 0 Å². The average Bonchev–Trinajstić information content (AvgIpc) is 3.98. The molecule has 0 amide bonds. The molecule has 0 saturated heterocycles. The van der Waals surface area contributed by atoms with E-state index in [-0.39, 0.29) is 5.43 Å². The van der Waals surface area contributed by atoms with Gasteiger partial charge in [-0.1, -0.05) is 198 Å². The van der Waals surface area contributed by atoms with Crippen molar-refractivity contribution in [1.29, 1.82) is 0 Å². The molecule has 0 heterocycles. The molecule has 0 nitrogen and oxygen atoms in total. The van der Waals surface area contributed by atoms with Gasteiger partial charge in [-0.3, -0.25) is 0 Å². The summed E-state index contributed by atoms with van der Waals surface area (Å²) in [5.74, 6) is 5.38. The van der Waals surface area contributed by atoms with E-state index in [1.165, 1.54) is 154 Å². The van der Waals surface area contributed by atoms with Gasteiger partial charge in [0.2, 0.25) is 0 Å². The maximum absolute atomic E-state index is 5.62. The molecule has 6 aliphatic rings. The summed E-state index contributed by atoms with van der Waals surface area (Å²) in [6.07, 6.45) is 33.1. The van der Waals surface area contributed by atoms with Gasteiger partial charge in [-0.15, -0.1) is 91.3 Å². The van der Waals surface area contributed by atoms with E-state index in [1.54, 1.807) is 54.9 Å². The molecular weight excluding hydrogens is 1010 g/mol. The minimum absolute atomic E-state index is 0.224. The summed E-state index contributed by atoms with van der Waals surface area (Å²) >= 11 is -1.65. The van der Waals surface area contributed by atoms with Gasteiger partial charge < -0.3 is 0 Å². The van der Waals surface area contributed by atoms with Crippen molar-refractivity contribution >= 4 is 44.0 Å². The van der Waals surface area contributed by atoms with Gasteiger partial charge in [0.15, 0.2) is 0 Å². The molecule has 10 rings (SSSR count). The summed E-state index contributed by atoms with van der Waals surface area (Å²) in [7, 11) is 11.2. The molecule has 0 atom stereocenters. The van der Waals surface area contributed by atoms with E-state index in [0.717, 1.165) is 35.5 Å². The molecule has 0 bridgehead atoms. The molecule has 0 N–H and O–H groups in total. The molecule has 0 aromatic heterocycles. The van der Waals surface area contributed by atoms with E-state index >= 15 is 0 Å². The van der Waals surface area contributed by atoms with Crippen LogP contribution < -0.4 is 0 Å². The van der Waals surface area contributed by atoms with E-state index < -0.39 is 18.0 Å². The van der Waals surface area contributed by atoms with Crippen molar-refractivity contribution in [3.8, 4) is 0 Å². The van der Waals surface area contributed by atoms with E-state index in [4.69, 9.17) is 17.0 Å². The van der Waals surface area contributed by atoms with Crippen LogP contribution in [-0.4, -0.2) is 5.43 Å². The molecule has 0 aliphatic heterocycles. The van der Waals surface area contributed by atoms with Crippen LogP contribution in [0.5, 0.6) is 0 Å². The Labute approximate surface area is 458 Å². The van der Waals surface area contributed by atoms with Crippen molar-refractivity contribution in [2.24, 2.45) is 35.5 Å². The summed E-state index contributed by atoms with van der Waals surface area (Å²) in [6.45, 7) is 34.8. The van der Waals surface area contributed by atoms with Crippen molar-refractivity contribution in [2.75, 3.05) is 0 Å². The Kier molecular flexibility index (Phi) is 18.3. The van der Waals surface area contributed by atoms with Crippen molar-refractivity contribution in [2.45, 2.75) is 283 Å². The number of halogens is 2. The van der Waals surface area contributed by atoms with E-state index in [9.17, 15) is 0 Å². The molecular formula is C68H104Cl2SiZr-2. The summed E-state index contributed by atoms with van der Waals surface area (Å²) in [5, 5.41) is 6.50. The summed E-state index contributed by atoms with van der Waals surface area (Å²) in [5.41, 5.74) is 12.2. The van der Waals surface area contributed by atoms with Gasteiger partial charge in [0.1, 0.15) is 0 Å². The molecule has 6 fully saturated rings. The van der Waals surface area contributed by atoms with Crippen LogP contribution in [0.4, 0.5) is 0 Å². The third-order valence-corrected chi connectivity index (χ3v) is 42.1. The Morgan fingerprint density at radius 2 is 0.611 bits per heavy atom. The topological polar surface area (TPSA) is 0 Å². The van der Waals surface area contributed by atoms with Crippen LogP contribution in [0.3, 0.4) is 0 Å². The van der Waals surface area contributed by atoms with Gasteiger partial charge in [-0.25, -0.2) is 0 Å². The fourth-order valence-corrected chi connectivity index (χ4v) is 15.9. The van der Waals surface area contributed by atoms with Crippen molar-refractivity contribution in [3.05, 3.63) is 81.9 Å². The third-order valence-electron chi connectivity index (χ3n) is 22.3. The third kappa shape index (κ3) is 12.1. The van der Waals surface area contributed by atoms with Gasteiger partial charge in [0, 0.05) is 0 Å². The molecule has 6 aliphatic carbocycles. The average molecular weight is 1110 g/mol. The second-order valence-corrected chi connectivity index (χ2v) is 52.1. The Hall–Kier alpha value is -0.660. The molecule has 0 spiro atoms. The zero-order valence-electron chi connectivity index (χ0n) is 48.8. The van der Waals surface area contributed by atoms with Crippen LogP contribution in [0.1, 0.15) is 271 Å². The molecule has 0 unspecified atom stereocenters. The van der Waals surface area contributed by atoms with Crippen LogP contribution in [0, 0.1) is 35.5 Å². The number of fused-ring (bicyclic) bond motifs is 2. The number of hydrogen-bond donors (Lipinski definition) is 0. The normalized spacial score (nSPS) is 37.6. The zero-order valence-corrected chi connectivity index (χ0v) is 53.8. The fourth-order valence-electron chi connectivity index (χ4n) is 15.9. The van der Waals surface area contributed by atoms with Crippen LogP contribution in [0.2, 0.25) is 13.1 Å². The zero-order chi connectivity index (χ0) is 52.0. The first-order chi connectivity index (χ1) is 33.9. The standard InChI is InChI=1S/2C33H49.C2H6Si.2ClH.Zr/c2*1-23-10-16-31(4,17-11-23)28-9-7-8-26-27(28)22-29(32(5)18-12-24(2)13-19-32)30(26)33(6)20-14-25(3)15-21-33;1-3-2;;;/h2*7-9,22-25H,10-21H2,1-6H3;1-2H3;2*1H;/q2*-1;;;;+2/p-2. The second-order valence-electron chi connectivity index (χ2n) is 29.1. The van der Waals surface area contributed by atoms with Crippen molar-refractivity contribution < 1.29 is 18.0 Å². The van der Waals surface area contributed by atoms with Gasteiger partial charge >= 0.3 is 53.5 Å². The molecule has 4 aromatic carbocycles. The van der Waals surface area contributed by atoms with E-state index in [1.807, 2.05) is 0 Å². The van der Waals surface area contributed by atoms with Gasteiger partial charge in [-0.2, -0.15) is 0 Å². The molecule has 72 heavy (non-hydrogen) atoms. The fraction of sp³-hybridized carbons (Fsp3) is 0.735. The quantitative estimate of drug-likeness (QED) is 0.133. The maximum atomic E-state index is 5.62. The van der Waals surface area contributed by atoms with Crippen LogP contribution in [0.25, 0.3) is 21.5 Å². The Morgan fingerprint density at radius 1 is 0.389 bits per heavy atom. The van der Waals surface area contributed by atoms with Crippen LogP contribution in [0.15, 0.2) is 48.5 Å². The van der Waals surface area contributed by atoms with Gasteiger partial charge in [0.25, 0.3) is 0 Å². The Balaban J connectivity index is 0.000000173. The summed E-state index contributed by atoms with van der Waals surface area (Å²) in [4.78, 5) is 0. The monoisotopic (exact) mass is 1110 g/mol. The molecule has 400 valence electrons. The number of hydrogen-bond acceptors (Lipinski definition) is 0. The number of benzene rings is 2. The predicted octanol–water partition coefficient (Wildman–Crippen LogP) is 22.1. The molecule has 4 heteroatoms. The number of rotatable bonds is 6. The molecule has 0 radical (unpaired) electrons. The SMILES string of the molecule is CC1CCC(C)(c2[cH-]c3c(C4(C)CCC(C)CC4)cccc3c2C2(C)CCC(C)CC2)CC1.CC1CCC(C)(c2[cH-]c3c(C4(C)CCC(C)CC4)cccc3c2C2(C)CCC(C)CC2)CC1.C[Si](C)=[Zr]([Cl])[Cl]. The van der Waals surface area contributed by atoms with Crippen LogP contribution in [-0.2, 0) is 50.5 Å². The minimum atomic E-state index is -1.65. The summed E-state index contributed by atoms with van der Waals surface area (Å²) in [6, 6.07) is 20.3. The Morgan fingerprint density at radius 3 is 0.847 bits per heavy atom. The van der Waals surface area contributed by atoms with E-state index in [0.29, 0.717) is 32.5 Å². The van der Waals surface area contributed by atoms with Crippen LogP contribution >= 0.6 is 17.0 Å². The first kappa shape index (κ1) is 57.5. The second kappa shape index (κ2) is 23.0. The van der Waals surface area contributed by atoms with Gasteiger partial charge in [-0.05, 0) is 119 Å². The van der Waals surface area contributed by atoms with E-state index in [2.05, 4.69) is 145 Å². The predicted molar refractivity (Wildman–Crippen MR) is 318 cm³/mol. The first-order valence-corrected chi connectivity index (χ1v) is 42.9. The van der Waals surface area contributed by atoms with Crippen molar-refractivity contribution in [1.82, 2.24) is 0 Å². The molecule has 4 aromatic rings. The first-order valence-electron chi connectivity index (χ1n) is 30.4. The summed E-state index contributed by atoms with van der Waals surface area (Å²) < 4.78 is 0. The van der Waals surface area contributed by atoms with Crippen molar-refractivity contribution in [3.63, 3.8) is 0 Å². The Bertz CT molecular complexity index is 2280. The molecule has 6 saturated carbocycles.